The number of hydrogen-bond acceptors (Lipinski definition) is 2. The van der Waals surface area contributed by atoms with E-state index in [4.69, 9.17) is 0 Å². The molecule has 0 aromatic rings. The summed E-state index contributed by atoms with van der Waals surface area (Å²) in [6.07, 6.45) is 21.6. The second kappa shape index (κ2) is 5.65. The zero-order chi connectivity index (χ0) is 17.3. The van der Waals surface area contributed by atoms with Crippen molar-refractivity contribution in [2.24, 2.45) is 23.7 Å². The van der Waals surface area contributed by atoms with E-state index in [1.54, 1.807) is 22.4 Å². The molecule has 1 N–H and O–H groups in total. The zero-order valence-corrected chi connectivity index (χ0v) is 15.9. The van der Waals surface area contributed by atoms with Crippen LogP contribution in [0.1, 0.15) is 51.9 Å². The molecule has 4 unspecified atom stereocenters. The van der Waals surface area contributed by atoms with Crippen LogP contribution in [0.2, 0.25) is 0 Å². The smallest absolute Gasteiger partial charge is 0.0588 e. The van der Waals surface area contributed by atoms with E-state index in [0.29, 0.717) is 12.0 Å². The second-order valence-electron chi connectivity index (χ2n) is 9.21. The first kappa shape index (κ1) is 15.4. The highest BCUT2D eigenvalue weighted by atomic mass is 15.2. The van der Waals surface area contributed by atoms with Gasteiger partial charge in [0.2, 0.25) is 0 Å². The summed E-state index contributed by atoms with van der Waals surface area (Å²) in [4.78, 5) is 2.81. The van der Waals surface area contributed by atoms with Gasteiger partial charge in [-0.05, 0) is 79.9 Å². The van der Waals surface area contributed by atoms with Crippen LogP contribution in [0.15, 0.2) is 58.6 Å². The quantitative estimate of drug-likeness (QED) is 0.753. The van der Waals surface area contributed by atoms with Gasteiger partial charge in [-0.1, -0.05) is 25.2 Å². The van der Waals surface area contributed by atoms with Crippen LogP contribution in [-0.2, 0) is 0 Å². The first-order chi connectivity index (χ1) is 12.8. The molecule has 3 heterocycles. The highest BCUT2D eigenvalue weighted by Gasteiger charge is 2.48. The van der Waals surface area contributed by atoms with Gasteiger partial charge in [0.1, 0.15) is 0 Å². The molecule has 136 valence electrons. The summed E-state index contributed by atoms with van der Waals surface area (Å²) in [7, 11) is 0. The van der Waals surface area contributed by atoms with Crippen molar-refractivity contribution in [3.8, 4) is 0 Å². The van der Waals surface area contributed by atoms with Gasteiger partial charge in [0.05, 0.1) is 6.04 Å². The first-order valence-electron chi connectivity index (χ1n) is 10.9. The Morgan fingerprint density at radius 2 is 2.04 bits per heavy atom. The molecule has 2 heteroatoms. The second-order valence-corrected chi connectivity index (χ2v) is 9.21. The van der Waals surface area contributed by atoms with Crippen LogP contribution in [0.4, 0.5) is 0 Å². The van der Waals surface area contributed by atoms with Gasteiger partial charge >= 0.3 is 0 Å². The molecule has 0 spiro atoms. The van der Waals surface area contributed by atoms with E-state index in [9.17, 15) is 0 Å². The van der Waals surface area contributed by atoms with Crippen molar-refractivity contribution in [2.45, 2.75) is 57.9 Å². The number of hydrogen-bond donors (Lipinski definition) is 1. The molecule has 3 aliphatic carbocycles. The largest absolute Gasteiger partial charge is 0.387 e. The van der Waals surface area contributed by atoms with Crippen LogP contribution in [0.3, 0.4) is 0 Å². The maximum absolute atomic E-state index is 3.50. The third-order valence-corrected chi connectivity index (χ3v) is 7.91. The summed E-state index contributed by atoms with van der Waals surface area (Å²) in [6.45, 7) is 3.53. The standard InChI is InChI=1S/C24H30N2/c1-15(16-6-7-16)18-10-11-20-21-14-25-13-12-23(21)26-22-5-3-2-4-17(22)8-9-19(18)24(20)26/h2,4,8,12,14-16,18,20,22,25H,3,5-7,9-11,13H2,1H3. The van der Waals surface area contributed by atoms with Crippen molar-refractivity contribution in [3.05, 3.63) is 58.6 Å². The lowest BCUT2D eigenvalue weighted by Gasteiger charge is -2.39. The molecule has 6 aliphatic rings. The normalized spacial score (nSPS) is 36.1. The fourth-order valence-corrected chi connectivity index (χ4v) is 6.44. The number of nitrogens with zero attached hydrogens (tertiary/aromatic N) is 1. The van der Waals surface area contributed by atoms with Crippen molar-refractivity contribution in [1.29, 1.82) is 0 Å². The molecule has 3 aliphatic heterocycles. The molecule has 0 bridgehead atoms. The van der Waals surface area contributed by atoms with Crippen molar-refractivity contribution < 1.29 is 0 Å². The topological polar surface area (TPSA) is 15.3 Å². The minimum absolute atomic E-state index is 0.570. The Hall–Kier alpha value is -1.70. The molecule has 0 amide bonds. The Kier molecular flexibility index (Phi) is 3.34. The molecule has 1 saturated carbocycles. The Morgan fingerprint density at radius 1 is 1.12 bits per heavy atom. The molecule has 1 saturated heterocycles. The van der Waals surface area contributed by atoms with Crippen LogP contribution in [0.25, 0.3) is 0 Å². The number of nitrogens with one attached hydrogen (secondary N) is 1. The average molecular weight is 347 g/mol. The monoisotopic (exact) mass is 346 g/mol. The lowest BCUT2D eigenvalue weighted by molar-refractivity contribution is 0.274. The minimum atomic E-state index is 0.570. The van der Waals surface area contributed by atoms with E-state index in [-0.39, 0.29) is 0 Å². The predicted molar refractivity (Wildman–Crippen MR) is 106 cm³/mol. The molecular formula is C24H30N2. The molecule has 6 rings (SSSR count). The summed E-state index contributed by atoms with van der Waals surface area (Å²) in [5.41, 5.74) is 8.21. The maximum atomic E-state index is 3.50. The lowest BCUT2D eigenvalue weighted by atomic mass is 9.71. The van der Waals surface area contributed by atoms with Crippen LogP contribution in [-0.4, -0.2) is 17.5 Å². The van der Waals surface area contributed by atoms with Crippen LogP contribution in [0.5, 0.6) is 0 Å². The number of fused-ring (bicyclic) bond motifs is 5. The average Bonchev–Trinajstić information content (AvgIpc) is 3.49. The van der Waals surface area contributed by atoms with Gasteiger partial charge in [0, 0.05) is 35.6 Å². The Labute approximate surface area is 157 Å². The summed E-state index contributed by atoms with van der Waals surface area (Å²) in [6, 6.07) is 0.570. The number of dihydropyridines is 1. The first-order valence-corrected chi connectivity index (χ1v) is 10.9. The van der Waals surface area contributed by atoms with E-state index in [2.05, 4.69) is 47.6 Å². The molecule has 0 aromatic heterocycles. The van der Waals surface area contributed by atoms with Gasteiger partial charge in [-0.2, -0.15) is 0 Å². The fourth-order valence-electron chi connectivity index (χ4n) is 6.44. The zero-order valence-electron chi connectivity index (χ0n) is 15.9. The molecule has 26 heavy (non-hydrogen) atoms. The summed E-state index contributed by atoms with van der Waals surface area (Å²) >= 11 is 0. The van der Waals surface area contributed by atoms with Crippen molar-refractivity contribution in [3.63, 3.8) is 0 Å². The molecule has 0 radical (unpaired) electrons. The van der Waals surface area contributed by atoms with Gasteiger partial charge in [0.25, 0.3) is 0 Å². The highest BCUT2D eigenvalue weighted by molar-refractivity contribution is 5.54. The van der Waals surface area contributed by atoms with Gasteiger partial charge < -0.3 is 10.2 Å². The molecule has 4 atom stereocenters. The minimum Gasteiger partial charge on any atom is -0.387 e. The van der Waals surface area contributed by atoms with Crippen LogP contribution in [0, 0.1) is 23.7 Å². The van der Waals surface area contributed by atoms with Crippen molar-refractivity contribution >= 4 is 0 Å². The van der Waals surface area contributed by atoms with Gasteiger partial charge in [-0.25, -0.2) is 0 Å². The Morgan fingerprint density at radius 3 is 2.92 bits per heavy atom. The highest BCUT2D eigenvalue weighted by Crippen LogP contribution is 2.57. The molecule has 2 nitrogen and oxygen atoms in total. The lowest BCUT2D eigenvalue weighted by Crippen LogP contribution is -2.35. The summed E-state index contributed by atoms with van der Waals surface area (Å²) in [5.74, 6) is 3.33. The van der Waals surface area contributed by atoms with E-state index >= 15 is 0 Å². The maximum Gasteiger partial charge on any atom is 0.0588 e. The van der Waals surface area contributed by atoms with E-state index in [1.807, 2.05) is 0 Å². The molecule has 2 fully saturated rings. The van der Waals surface area contributed by atoms with Gasteiger partial charge in [-0.3, -0.25) is 0 Å². The molecular weight excluding hydrogens is 316 g/mol. The van der Waals surface area contributed by atoms with E-state index < -0.39 is 0 Å². The Bertz CT molecular complexity index is 789. The predicted octanol–water partition coefficient (Wildman–Crippen LogP) is 5.05. The van der Waals surface area contributed by atoms with Gasteiger partial charge in [-0.15, -0.1) is 0 Å². The third kappa shape index (κ3) is 2.11. The SMILES string of the molecule is CC(C1CC1)C1CCC2C3=CNCC=C3N3C2=C1CC=C1C=CCCC13. The summed E-state index contributed by atoms with van der Waals surface area (Å²) < 4.78 is 0. The molecule has 0 aromatic carbocycles. The fraction of sp³-hybridized carbons (Fsp3) is 0.583. The van der Waals surface area contributed by atoms with Gasteiger partial charge in [0.15, 0.2) is 0 Å². The third-order valence-electron chi connectivity index (χ3n) is 7.91. The van der Waals surface area contributed by atoms with Crippen molar-refractivity contribution in [2.75, 3.05) is 6.54 Å². The number of rotatable bonds is 2. The van der Waals surface area contributed by atoms with Crippen LogP contribution < -0.4 is 5.32 Å². The van der Waals surface area contributed by atoms with E-state index in [1.165, 1.54) is 50.6 Å². The summed E-state index contributed by atoms with van der Waals surface area (Å²) in [5, 5.41) is 3.50. The number of allylic oxidation sites excluding steroid dienone is 5. The van der Waals surface area contributed by atoms with E-state index in [0.717, 1.165) is 24.3 Å². The van der Waals surface area contributed by atoms with Crippen LogP contribution >= 0.6 is 0 Å². The van der Waals surface area contributed by atoms with Crippen molar-refractivity contribution in [1.82, 2.24) is 10.2 Å². The Balaban J connectivity index is 1.52.